The van der Waals surface area contributed by atoms with Crippen molar-refractivity contribution in [2.75, 3.05) is 44.4 Å². The van der Waals surface area contributed by atoms with Crippen molar-refractivity contribution in [2.45, 2.75) is 18.8 Å². The van der Waals surface area contributed by atoms with E-state index in [4.69, 9.17) is 16.3 Å². The maximum Gasteiger partial charge on any atom is 0.254 e. The van der Waals surface area contributed by atoms with Gasteiger partial charge in [0.15, 0.2) is 0 Å². The molecule has 9 heteroatoms. The van der Waals surface area contributed by atoms with Gasteiger partial charge in [0.25, 0.3) is 5.91 Å². The molecular formula is C25H31N7O2. The quantitative estimate of drug-likeness (QED) is 0.339. The van der Waals surface area contributed by atoms with Gasteiger partial charge in [0.1, 0.15) is 5.69 Å². The number of aromatic amines is 1. The summed E-state index contributed by atoms with van der Waals surface area (Å²) in [5.41, 5.74) is 11.1. The number of amides is 1. The first-order valence-corrected chi connectivity index (χ1v) is 11.8. The second-order valence-electron chi connectivity index (χ2n) is 8.86. The standard InChI is InChI=1S/C25H31N7O2/c26-22(24-21-14-18(5-8-23(21)29-30-24)19-2-1-9-28-15-19)16-32(27)20-6-3-17(4-7-20)25(33)31-10-12-34-13-11-31/h3-8,14,16,19,28H,1-2,9-13,15,26-27H2,(H,29,30)/b22-16-. The summed E-state index contributed by atoms with van der Waals surface area (Å²) in [6.07, 6.45) is 4.02. The van der Waals surface area contributed by atoms with Crippen LogP contribution in [0.15, 0.2) is 48.7 Å². The average Bonchev–Trinajstić information content (AvgIpc) is 3.33. The number of ether oxygens (including phenoxy) is 1. The molecule has 3 heterocycles. The average molecular weight is 462 g/mol. The number of nitrogens with zero attached hydrogens (tertiary/aromatic N) is 3. The van der Waals surface area contributed by atoms with E-state index in [1.165, 1.54) is 23.4 Å². The molecule has 2 aliphatic rings. The van der Waals surface area contributed by atoms with E-state index in [9.17, 15) is 4.79 Å². The molecule has 1 unspecified atom stereocenters. The van der Waals surface area contributed by atoms with Gasteiger partial charge < -0.3 is 20.7 Å². The number of fused-ring (bicyclic) bond motifs is 1. The summed E-state index contributed by atoms with van der Waals surface area (Å²) >= 11 is 0. The first-order valence-electron chi connectivity index (χ1n) is 11.8. The predicted molar refractivity (Wildman–Crippen MR) is 133 cm³/mol. The zero-order valence-electron chi connectivity index (χ0n) is 19.2. The zero-order chi connectivity index (χ0) is 23.5. The Hall–Kier alpha value is -3.40. The fourth-order valence-electron chi connectivity index (χ4n) is 4.65. The Morgan fingerprint density at radius 3 is 2.71 bits per heavy atom. The maximum absolute atomic E-state index is 12.7. The van der Waals surface area contributed by atoms with Crippen molar-refractivity contribution in [3.05, 3.63) is 65.5 Å². The lowest BCUT2D eigenvalue weighted by Crippen LogP contribution is -2.40. The van der Waals surface area contributed by atoms with E-state index >= 15 is 0 Å². The minimum Gasteiger partial charge on any atom is -0.396 e. The summed E-state index contributed by atoms with van der Waals surface area (Å²) in [6.45, 7) is 4.44. The Morgan fingerprint density at radius 2 is 1.97 bits per heavy atom. The summed E-state index contributed by atoms with van der Waals surface area (Å²) in [6, 6.07) is 13.6. The number of hydrogen-bond acceptors (Lipinski definition) is 7. The van der Waals surface area contributed by atoms with Crippen molar-refractivity contribution in [1.29, 1.82) is 0 Å². The Balaban J connectivity index is 1.33. The van der Waals surface area contributed by atoms with E-state index in [0.29, 0.717) is 49.2 Å². The fourth-order valence-corrected chi connectivity index (χ4v) is 4.65. The number of piperidine rings is 1. The number of aromatic nitrogens is 2. The predicted octanol–water partition coefficient (Wildman–Crippen LogP) is 2.14. The van der Waals surface area contributed by atoms with Crippen LogP contribution in [-0.4, -0.2) is 60.4 Å². The number of rotatable bonds is 5. The topological polar surface area (TPSA) is 126 Å². The van der Waals surface area contributed by atoms with Crippen molar-refractivity contribution < 1.29 is 9.53 Å². The fraction of sp³-hybridized carbons (Fsp3) is 0.360. The lowest BCUT2D eigenvalue weighted by atomic mass is 9.91. The van der Waals surface area contributed by atoms with E-state index in [0.717, 1.165) is 29.7 Å². The molecule has 9 nitrogen and oxygen atoms in total. The number of nitrogens with two attached hydrogens (primary N) is 2. The van der Waals surface area contributed by atoms with Gasteiger partial charge in [-0.3, -0.25) is 14.9 Å². The van der Waals surface area contributed by atoms with Crippen LogP contribution in [0.25, 0.3) is 16.6 Å². The SMILES string of the molecule is N/C(=C\N(N)c1ccc(C(=O)N2CCOCC2)cc1)c1n[nH]c2ccc(C3CCCNC3)cc12. The van der Waals surface area contributed by atoms with E-state index in [-0.39, 0.29) is 5.91 Å². The van der Waals surface area contributed by atoms with E-state index < -0.39 is 0 Å². The summed E-state index contributed by atoms with van der Waals surface area (Å²) in [7, 11) is 0. The van der Waals surface area contributed by atoms with Gasteiger partial charge in [-0.25, -0.2) is 5.84 Å². The zero-order valence-corrected chi connectivity index (χ0v) is 19.2. The van der Waals surface area contributed by atoms with Gasteiger partial charge in [0, 0.05) is 36.8 Å². The first kappa shape index (κ1) is 22.4. The molecule has 0 radical (unpaired) electrons. The van der Waals surface area contributed by atoms with Crippen LogP contribution in [-0.2, 0) is 4.74 Å². The number of benzene rings is 2. The van der Waals surface area contributed by atoms with Gasteiger partial charge in [-0.2, -0.15) is 5.10 Å². The van der Waals surface area contributed by atoms with E-state index in [2.05, 4.69) is 33.7 Å². The minimum absolute atomic E-state index is 0.000407. The van der Waals surface area contributed by atoms with Crippen LogP contribution in [0.4, 0.5) is 5.69 Å². The molecule has 1 atom stereocenters. The molecular weight excluding hydrogens is 430 g/mol. The number of morpholine rings is 1. The second-order valence-corrected chi connectivity index (χ2v) is 8.86. The van der Waals surface area contributed by atoms with Crippen LogP contribution in [0.2, 0.25) is 0 Å². The number of H-pyrrole nitrogens is 1. The maximum atomic E-state index is 12.7. The number of hydrazine groups is 1. The molecule has 2 fully saturated rings. The third-order valence-corrected chi connectivity index (χ3v) is 6.62. The third kappa shape index (κ3) is 4.63. The highest BCUT2D eigenvalue weighted by Crippen LogP contribution is 2.29. The van der Waals surface area contributed by atoms with Crippen molar-refractivity contribution >= 4 is 28.2 Å². The second kappa shape index (κ2) is 9.84. The summed E-state index contributed by atoms with van der Waals surface area (Å²) < 4.78 is 5.32. The molecule has 6 N–H and O–H groups in total. The molecule has 34 heavy (non-hydrogen) atoms. The first-order chi connectivity index (χ1) is 16.6. The molecule has 1 amide bonds. The highest BCUT2D eigenvalue weighted by atomic mass is 16.5. The summed E-state index contributed by atoms with van der Waals surface area (Å²) in [4.78, 5) is 14.5. The van der Waals surface area contributed by atoms with Gasteiger partial charge in [-0.1, -0.05) is 6.07 Å². The highest BCUT2D eigenvalue weighted by Gasteiger charge is 2.19. The summed E-state index contributed by atoms with van der Waals surface area (Å²) in [5.74, 6) is 6.78. The Bertz CT molecular complexity index is 1180. The third-order valence-electron chi connectivity index (χ3n) is 6.62. The smallest absolute Gasteiger partial charge is 0.254 e. The molecule has 2 aliphatic heterocycles. The lowest BCUT2D eigenvalue weighted by Gasteiger charge is -2.27. The Kier molecular flexibility index (Phi) is 6.48. The van der Waals surface area contributed by atoms with Gasteiger partial charge in [-0.05, 0) is 67.3 Å². The number of anilines is 1. The molecule has 2 aromatic carbocycles. The Morgan fingerprint density at radius 1 is 1.18 bits per heavy atom. The minimum atomic E-state index is 0.000407. The van der Waals surface area contributed by atoms with Crippen molar-refractivity contribution in [1.82, 2.24) is 20.4 Å². The Labute approximate surface area is 198 Å². The van der Waals surface area contributed by atoms with Crippen LogP contribution in [0.5, 0.6) is 0 Å². The molecule has 0 saturated carbocycles. The highest BCUT2D eigenvalue weighted by molar-refractivity contribution is 5.95. The number of carbonyl (C=O) groups is 1. The van der Waals surface area contributed by atoms with Gasteiger partial charge >= 0.3 is 0 Å². The van der Waals surface area contributed by atoms with E-state index in [1.54, 1.807) is 23.2 Å². The molecule has 0 aliphatic carbocycles. The van der Waals surface area contributed by atoms with Crippen LogP contribution in [0.3, 0.4) is 0 Å². The van der Waals surface area contributed by atoms with Crippen LogP contribution >= 0.6 is 0 Å². The van der Waals surface area contributed by atoms with Crippen molar-refractivity contribution in [3.8, 4) is 0 Å². The van der Waals surface area contributed by atoms with Crippen LogP contribution in [0.1, 0.15) is 40.4 Å². The molecule has 5 rings (SSSR count). The summed E-state index contributed by atoms with van der Waals surface area (Å²) in [5, 5.41) is 13.4. The lowest BCUT2D eigenvalue weighted by molar-refractivity contribution is 0.0303. The van der Waals surface area contributed by atoms with Crippen molar-refractivity contribution in [2.24, 2.45) is 11.6 Å². The number of carbonyl (C=O) groups excluding carboxylic acids is 1. The largest absolute Gasteiger partial charge is 0.396 e. The number of hydrogen-bond donors (Lipinski definition) is 4. The molecule has 2 saturated heterocycles. The van der Waals surface area contributed by atoms with Crippen molar-refractivity contribution in [3.63, 3.8) is 0 Å². The van der Waals surface area contributed by atoms with E-state index in [1.807, 2.05) is 12.1 Å². The van der Waals surface area contributed by atoms with Crippen LogP contribution in [0, 0.1) is 0 Å². The van der Waals surface area contributed by atoms with Gasteiger partial charge in [0.05, 0.1) is 30.1 Å². The molecule has 3 aromatic rings. The van der Waals surface area contributed by atoms with Crippen LogP contribution < -0.4 is 21.9 Å². The molecule has 1 aromatic heterocycles. The number of nitrogens with one attached hydrogen (secondary N) is 2. The molecule has 0 spiro atoms. The normalized spacial score (nSPS) is 19.4. The van der Waals surface area contributed by atoms with Gasteiger partial charge in [0.2, 0.25) is 0 Å². The molecule has 178 valence electrons. The molecule has 0 bridgehead atoms. The monoisotopic (exact) mass is 461 g/mol. The van der Waals surface area contributed by atoms with Gasteiger partial charge in [-0.15, -0.1) is 0 Å².